The molecule has 0 nitrogen and oxygen atoms in total. The molecule has 3 aromatic rings. The molecule has 0 aliphatic heterocycles. The Morgan fingerprint density at radius 2 is 1.81 bits per heavy atom. The number of allylic oxidation sites excluding steroid dienone is 4. The van der Waals surface area contributed by atoms with E-state index < -0.39 is 0 Å². The SMILES string of the molecule is CC1=CC[C-]=C1.Cc1cc2c(-c3ccccc3)c3c(cc2[cH-]1)CCC3.[Zr+2]. The van der Waals surface area contributed by atoms with Crippen molar-refractivity contribution in [3.8, 4) is 11.1 Å². The van der Waals surface area contributed by atoms with Crippen molar-refractivity contribution in [3.63, 3.8) is 0 Å². The van der Waals surface area contributed by atoms with Crippen LogP contribution >= 0.6 is 0 Å². The zero-order valence-electron chi connectivity index (χ0n) is 15.6. The summed E-state index contributed by atoms with van der Waals surface area (Å²) in [6.45, 7) is 4.28. The summed E-state index contributed by atoms with van der Waals surface area (Å²) in [5, 5.41) is 2.85. The molecule has 2 aliphatic carbocycles. The molecule has 0 fully saturated rings. The van der Waals surface area contributed by atoms with Gasteiger partial charge in [0.15, 0.2) is 0 Å². The molecule has 0 amide bonds. The van der Waals surface area contributed by atoms with Crippen molar-refractivity contribution >= 4 is 10.8 Å². The summed E-state index contributed by atoms with van der Waals surface area (Å²) in [7, 11) is 0. The molecule has 3 aromatic carbocycles. The molecular weight excluding hydrogens is 391 g/mol. The molecule has 0 heterocycles. The van der Waals surface area contributed by atoms with E-state index in [9.17, 15) is 0 Å². The molecule has 0 aromatic heterocycles. The molecule has 1 heteroatoms. The van der Waals surface area contributed by atoms with Gasteiger partial charge in [0, 0.05) is 0 Å². The summed E-state index contributed by atoms with van der Waals surface area (Å²) < 4.78 is 0. The molecular formula is C25H24Zr. The maximum absolute atomic E-state index is 3.05. The van der Waals surface area contributed by atoms with Gasteiger partial charge in [-0.05, 0) is 24.8 Å². The van der Waals surface area contributed by atoms with Crippen molar-refractivity contribution in [2.45, 2.75) is 39.5 Å². The van der Waals surface area contributed by atoms with Crippen molar-refractivity contribution in [2.24, 2.45) is 0 Å². The van der Waals surface area contributed by atoms with Crippen LogP contribution < -0.4 is 0 Å². The van der Waals surface area contributed by atoms with Crippen LogP contribution in [-0.4, -0.2) is 0 Å². The molecule has 0 N–H and O–H groups in total. The molecule has 128 valence electrons. The van der Waals surface area contributed by atoms with Crippen LogP contribution in [0.4, 0.5) is 0 Å². The Morgan fingerprint density at radius 1 is 1.00 bits per heavy atom. The maximum Gasteiger partial charge on any atom is 2.00 e. The van der Waals surface area contributed by atoms with Gasteiger partial charge in [0.25, 0.3) is 0 Å². The molecule has 0 radical (unpaired) electrons. The largest absolute Gasteiger partial charge is 2.00 e. The summed E-state index contributed by atoms with van der Waals surface area (Å²) in [6, 6.07) is 18.0. The molecule has 5 rings (SSSR count). The minimum absolute atomic E-state index is 0. The van der Waals surface area contributed by atoms with E-state index in [2.05, 4.69) is 74.5 Å². The van der Waals surface area contributed by atoms with Gasteiger partial charge in [0.2, 0.25) is 0 Å². The fourth-order valence-corrected chi connectivity index (χ4v) is 4.01. The number of benzene rings is 2. The number of fused-ring (bicyclic) bond motifs is 2. The first-order chi connectivity index (χ1) is 12.2. The van der Waals surface area contributed by atoms with Crippen LogP contribution in [-0.2, 0) is 39.0 Å². The second-order valence-electron chi connectivity index (χ2n) is 7.15. The third-order valence-electron chi connectivity index (χ3n) is 5.16. The molecule has 0 saturated heterocycles. The second kappa shape index (κ2) is 8.40. The minimum Gasteiger partial charge on any atom is -0.273 e. The number of hydrogen-bond acceptors (Lipinski definition) is 0. The smallest absolute Gasteiger partial charge is 0.273 e. The fourth-order valence-electron chi connectivity index (χ4n) is 4.01. The topological polar surface area (TPSA) is 0 Å². The quantitative estimate of drug-likeness (QED) is 0.387. The first kappa shape index (κ1) is 19.2. The van der Waals surface area contributed by atoms with Crippen molar-refractivity contribution < 1.29 is 26.2 Å². The molecule has 0 atom stereocenters. The number of hydrogen-bond donors (Lipinski definition) is 0. The third-order valence-corrected chi connectivity index (χ3v) is 5.16. The first-order valence-electron chi connectivity index (χ1n) is 9.23. The average Bonchev–Trinajstić information content (AvgIpc) is 3.34. The van der Waals surface area contributed by atoms with E-state index in [1.807, 2.05) is 6.08 Å². The van der Waals surface area contributed by atoms with E-state index in [4.69, 9.17) is 0 Å². The van der Waals surface area contributed by atoms with E-state index in [-0.39, 0.29) is 26.2 Å². The zero-order valence-corrected chi connectivity index (χ0v) is 18.1. The third kappa shape index (κ3) is 3.89. The predicted octanol–water partition coefficient (Wildman–Crippen LogP) is 6.72. The van der Waals surface area contributed by atoms with Gasteiger partial charge in [-0.15, -0.1) is 41.8 Å². The molecule has 26 heavy (non-hydrogen) atoms. The molecule has 0 spiro atoms. The Hall–Kier alpha value is -1.59. The van der Waals surface area contributed by atoms with Gasteiger partial charge >= 0.3 is 26.2 Å². The van der Waals surface area contributed by atoms with E-state index in [0.717, 1.165) is 6.42 Å². The Bertz CT molecular complexity index is 952. The Morgan fingerprint density at radius 3 is 2.46 bits per heavy atom. The van der Waals surface area contributed by atoms with E-state index in [0.29, 0.717) is 0 Å². The van der Waals surface area contributed by atoms with Crippen LogP contribution in [0.2, 0.25) is 0 Å². The van der Waals surface area contributed by atoms with Crippen molar-refractivity contribution in [1.82, 2.24) is 0 Å². The number of aryl methyl sites for hydroxylation is 2. The van der Waals surface area contributed by atoms with Crippen LogP contribution in [0.1, 0.15) is 36.5 Å². The zero-order chi connectivity index (χ0) is 17.2. The van der Waals surface area contributed by atoms with E-state index in [1.54, 1.807) is 11.1 Å². The Kier molecular flexibility index (Phi) is 6.20. The predicted molar refractivity (Wildman–Crippen MR) is 108 cm³/mol. The number of rotatable bonds is 1. The van der Waals surface area contributed by atoms with Crippen LogP contribution in [0, 0.1) is 13.0 Å². The molecule has 2 aliphatic rings. The molecule has 0 bridgehead atoms. The average molecular weight is 416 g/mol. The molecule has 0 saturated carbocycles. The van der Waals surface area contributed by atoms with Gasteiger partial charge in [0.1, 0.15) is 0 Å². The summed E-state index contributed by atoms with van der Waals surface area (Å²) in [4.78, 5) is 0. The van der Waals surface area contributed by atoms with Gasteiger partial charge in [-0.3, -0.25) is 6.08 Å². The summed E-state index contributed by atoms with van der Waals surface area (Å²) in [6.07, 6.45) is 12.0. The minimum atomic E-state index is 0. The summed E-state index contributed by atoms with van der Waals surface area (Å²) >= 11 is 0. The van der Waals surface area contributed by atoms with Crippen molar-refractivity contribution in [2.75, 3.05) is 0 Å². The van der Waals surface area contributed by atoms with Crippen molar-refractivity contribution in [3.05, 3.63) is 89.0 Å². The van der Waals surface area contributed by atoms with Crippen LogP contribution in [0.15, 0.2) is 66.3 Å². The van der Waals surface area contributed by atoms with Gasteiger partial charge in [-0.25, -0.2) is 11.6 Å². The fraction of sp³-hybridized carbons (Fsp3) is 0.240. The Labute approximate surface area is 176 Å². The van der Waals surface area contributed by atoms with E-state index in [1.165, 1.54) is 52.3 Å². The summed E-state index contributed by atoms with van der Waals surface area (Å²) in [5.74, 6) is 0. The second-order valence-corrected chi connectivity index (χ2v) is 7.15. The standard InChI is InChI=1S/C19H17.C6H7.Zr/c1-13-10-16-12-15-8-5-9-17(15)19(18(16)11-13)14-6-3-2-4-7-14;1-6-4-2-3-5-6;/h2-4,6-7,10-12H,5,8-9H2,1H3;4-5H,2H2,1H3;/q2*-1;+2. The first-order valence-corrected chi connectivity index (χ1v) is 9.23. The summed E-state index contributed by atoms with van der Waals surface area (Å²) in [5.41, 5.74) is 8.72. The van der Waals surface area contributed by atoms with Gasteiger partial charge in [-0.1, -0.05) is 53.9 Å². The monoisotopic (exact) mass is 414 g/mol. The van der Waals surface area contributed by atoms with Crippen LogP contribution in [0.3, 0.4) is 0 Å². The van der Waals surface area contributed by atoms with Gasteiger partial charge < -0.3 is 0 Å². The Balaban J connectivity index is 0.000000241. The maximum atomic E-state index is 3.05. The van der Waals surface area contributed by atoms with E-state index >= 15 is 0 Å². The van der Waals surface area contributed by atoms with Gasteiger partial charge in [0.05, 0.1) is 0 Å². The van der Waals surface area contributed by atoms with Crippen molar-refractivity contribution in [1.29, 1.82) is 0 Å². The normalized spacial score (nSPS) is 14.5. The van der Waals surface area contributed by atoms with Gasteiger partial charge in [-0.2, -0.15) is 12.1 Å². The van der Waals surface area contributed by atoms with Crippen LogP contribution in [0.5, 0.6) is 0 Å². The molecule has 0 unspecified atom stereocenters. The van der Waals surface area contributed by atoms with Crippen LogP contribution in [0.25, 0.3) is 21.9 Å².